The second-order valence-electron chi connectivity index (χ2n) is 4.07. The number of hydrogen-bond acceptors (Lipinski definition) is 4. The summed E-state index contributed by atoms with van der Waals surface area (Å²) in [7, 11) is 1.85. The molecule has 2 heterocycles. The topological polar surface area (TPSA) is 80.0 Å². The number of halogens is 1. The van der Waals surface area contributed by atoms with Crippen molar-refractivity contribution in [1.29, 1.82) is 0 Å². The highest BCUT2D eigenvalue weighted by molar-refractivity contribution is 6.29. The Morgan fingerprint density at radius 2 is 2.26 bits per heavy atom. The number of nitrogens with one attached hydrogen (secondary N) is 1. The molecule has 100 valence electrons. The maximum Gasteiger partial charge on any atom is 0.339 e. The van der Waals surface area contributed by atoms with Crippen molar-refractivity contribution in [3.05, 3.63) is 40.3 Å². The van der Waals surface area contributed by atoms with Crippen molar-refractivity contribution in [3.63, 3.8) is 0 Å². The summed E-state index contributed by atoms with van der Waals surface area (Å²) < 4.78 is 1.75. The fourth-order valence-electron chi connectivity index (χ4n) is 1.64. The quantitative estimate of drug-likeness (QED) is 0.838. The van der Waals surface area contributed by atoms with Crippen LogP contribution in [-0.2, 0) is 13.6 Å². The molecule has 2 N–H and O–H groups in total. The maximum atomic E-state index is 11.1. The van der Waals surface area contributed by atoms with Gasteiger partial charge in [-0.1, -0.05) is 11.6 Å². The first-order valence-corrected chi connectivity index (χ1v) is 5.98. The van der Waals surface area contributed by atoms with Crippen LogP contribution in [0.25, 0.3) is 0 Å². The van der Waals surface area contributed by atoms with Crippen LogP contribution in [0.2, 0.25) is 5.15 Å². The summed E-state index contributed by atoms with van der Waals surface area (Å²) in [5.74, 6) is -0.794. The van der Waals surface area contributed by atoms with Gasteiger partial charge in [0.25, 0.3) is 0 Å². The Balaban J connectivity index is 2.21. The molecule has 0 unspecified atom stereocenters. The second kappa shape index (κ2) is 5.27. The summed E-state index contributed by atoms with van der Waals surface area (Å²) >= 11 is 5.78. The van der Waals surface area contributed by atoms with Crippen LogP contribution in [0.5, 0.6) is 0 Å². The number of carboxylic acid groups (broad SMARTS) is 1. The molecule has 6 nitrogen and oxygen atoms in total. The van der Waals surface area contributed by atoms with Crippen molar-refractivity contribution in [3.8, 4) is 0 Å². The van der Waals surface area contributed by atoms with Crippen LogP contribution in [0.1, 0.15) is 21.6 Å². The lowest BCUT2D eigenvalue weighted by atomic mass is 10.2. The van der Waals surface area contributed by atoms with Crippen molar-refractivity contribution in [2.75, 3.05) is 5.32 Å². The average molecular weight is 281 g/mol. The Kier molecular flexibility index (Phi) is 3.71. The summed E-state index contributed by atoms with van der Waals surface area (Å²) in [5.41, 5.74) is 2.07. The molecule has 0 aliphatic carbocycles. The number of aromatic carboxylic acids is 1. The van der Waals surface area contributed by atoms with Crippen molar-refractivity contribution in [1.82, 2.24) is 14.8 Å². The zero-order valence-electron chi connectivity index (χ0n) is 10.5. The molecule has 0 saturated carbocycles. The van der Waals surface area contributed by atoms with Gasteiger partial charge in [0.1, 0.15) is 16.5 Å². The van der Waals surface area contributed by atoms with Crippen LogP contribution >= 0.6 is 11.6 Å². The lowest BCUT2D eigenvalue weighted by Crippen LogP contribution is -2.09. The third-order valence-electron chi connectivity index (χ3n) is 2.87. The van der Waals surface area contributed by atoms with Crippen molar-refractivity contribution >= 4 is 23.4 Å². The van der Waals surface area contributed by atoms with Crippen molar-refractivity contribution < 1.29 is 9.90 Å². The van der Waals surface area contributed by atoms with E-state index >= 15 is 0 Å². The van der Waals surface area contributed by atoms with Crippen LogP contribution in [-0.4, -0.2) is 25.8 Å². The molecule has 0 aliphatic heterocycles. The van der Waals surface area contributed by atoms with Crippen LogP contribution in [0, 0.1) is 6.92 Å². The molecule has 19 heavy (non-hydrogen) atoms. The first-order chi connectivity index (χ1) is 8.99. The minimum Gasteiger partial charge on any atom is -0.478 e. The predicted molar refractivity (Wildman–Crippen MR) is 71.5 cm³/mol. The second-order valence-corrected chi connectivity index (χ2v) is 4.45. The number of hydrogen-bond donors (Lipinski definition) is 2. The molecule has 2 aromatic rings. The third-order valence-corrected chi connectivity index (χ3v) is 3.09. The van der Waals surface area contributed by atoms with E-state index in [1.165, 1.54) is 12.1 Å². The fraction of sp³-hybridized carbons (Fsp3) is 0.250. The molecule has 0 aliphatic rings. The number of rotatable bonds is 4. The smallest absolute Gasteiger partial charge is 0.339 e. The predicted octanol–water partition coefficient (Wildman–Crippen LogP) is 2.09. The van der Waals surface area contributed by atoms with E-state index in [1.54, 1.807) is 10.9 Å². The van der Waals surface area contributed by atoms with E-state index in [1.807, 2.05) is 14.0 Å². The van der Waals surface area contributed by atoms with Gasteiger partial charge in [0.2, 0.25) is 0 Å². The molecular weight excluding hydrogens is 268 g/mol. The van der Waals surface area contributed by atoms with Gasteiger partial charge in [-0.15, -0.1) is 0 Å². The van der Waals surface area contributed by atoms with Crippen molar-refractivity contribution in [2.24, 2.45) is 7.05 Å². The fourth-order valence-corrected chi connectivity index (χ4v) is 1.79. The largest absolute Gasteiger partial charge is 0.478 e. The SMILES string of the molecule is Cc1c(CNc2nc(Cl)ccc2C(=O)O)cnn1C. The van der Waals surface area contributed by atoms with Gasteiger partial charge in [-0.3, -0.25) is 4.68 Å². The molecule has 0 atom stereocenters. The molecule has 0 radical (unpaired) electrons. The van der Waals surface area contributed by atoms with E-state index in [2.05, 4.69) is 15.4 Å². The molecule has 0 saturated heterocycles. The molecule has 0 bridgehead atoms. The van der Waals surface area contributed by atoms with Crippen LogP contribution in [0.4, 0.5) is 5.82 Å². The highest BCUT2D eigenvalue weighted by Gasteiger charge is 2.12. The van der Waals surface area contributed by atoms with Crippen LogP contribution in [0.3, 0.4) is 0 Å². The lowest BCUT2D eigenvalue weighted by Gasteiger charge is -2.08. The number of aromatic nitrogens is 3. The van der Waals surface area contributed by atoms with Gasteiger partial charge in [-0.05, 0) is 19.1 Å². The zero-order chi connectivity index (χ0) is 14.0. The first-order valence-electron chi connectivity index (χ1n) is 5.60. The van der Waals surface area contributed by atoms with Gasteiger partial charge in [0, 0.05) is 24.8 Å². The molecule has 2 rings (SSSR count). The Labute approximate surface area is 115 Å². The Morgan fingerprint density at radius 1 is 1.53 bits per heavy atom. The first kappa shape index (κ1) is 13.4. The molecular formula is C12H13ClN4O2. The zero-order valence-corrected chi connectivity index (χ0v) is 11.3. The lowest BCUT2D eigenvalue weighted by molar-refractivity contribution is 0.0697. The van der Waals surface area contributed by atoms with E-state index in [4.69, 9.17) is 16.7 Å². The number of aryl methyl sites for hydroxylation is 1. The Morgan fingerprint density at radius 3 is 2.84 bits per heavy atom. The summed E-state index contributed by atoms with van der Waals surface area (Å²) in [6.45, 7) is 2.38. The van der Waals surface area contributed by atoms with Gasteiger partial charge in [0.15, 0.2) is 0 Å². The summed E-state index contributed by atoms with van der Waals surface area (Å²) in [5, 5.41) is 16.4. The van der Waals surface area contributed by atoms with E-state index in [-0.39, 0.29) is 16.5 Å². The minimum absolute atomic E-state index is 0.0888. The van der Waals surface area contributed by atoms with E-state index in [0.717, 1.165) is 11.3 Å². The van der Waals surface area contributed by atoms with Gasteiger partial charge in [-0.25, -0.2) is 9.78 Å². The van der Waals surface area contributed by atoms with Crippen LogP contribution in [0.15, 0.2) is 18.3 Å². The molecule has 0 fully saturated rings. The number of nitrogens with zero attached hydrogens (tertiary/aromatic N) is 3. The summed E-state index contributed by atoms with van der Waals surface area (Å²) in [4.78, 5) is 15.1. The number of carbonyl (C=O) groups is 1. The van der Waals surface area contributed by atoms with E-state index in [9.17, 15) is 4.79 Å². The molecule has 0 spiro atoms. The Hall–Kier alpha value is -2.08. The highest BCUT2D eigenvalue weighted by atomic mass is 35.5. The molecule has 7 heteroatoms. The van der Waals surface area contributed by atoms with Gasteiger partial charge in [-0.2, -0.15) is 5.10 Å². The van der Waals surface area contributed by atoms with E-state index < -0.39 is 5.97 Å². The molecule has 2 aromatic heterocycles. The minimum atomic E-state index is -1.05. The van der Waals surface area contributed by atoms with Gasteiger partial charge in [0.05, 0.1) is 6.20 Å². The van der Waals surface area contributed by atoms with Gasteiger partial charge >= 0.3 is 5.97 Å². The highest BCUT2D eigenvalue weighted by Crippen LogP contribution is 2.18. The average Bonchev–Trinajstić information content (AvgIpc) is 2.67. The molecule has 0 aromatic carbocycles. The van der Waals surface area contributed by atoms with Crippen LogP contribution < -0.4 is 5.32 Å². The van der Waals surface area contributed by atoms with E-state index in [0.29, 0.717) is 6.54 Å². The maximum absolute atomic E-state index is 11.1. The molecule has 0 amide bonds. The number of pyridine rings is 1. The normalized spacial score (nSPS) is 10.5. The standard InChI is InChI=1S/C12H13ClN4O2/c1-7-8(6-15-17(7)2)5-14-11-9(12(18)19)3-4-10(13)16-11/h3-4,6H,5H2,1-2H3,(H,14,16)(H,18,19). The monoisotopic (exact) mass is 280 g/mol. The summed E-state index contributed by atoms with van der Waals surface area (Å²) in [6, 6.07) is 2.88. The summed E-state index contributed by atoms with van der Waals surface area (Å²) in [6.07, 6.45) is 1.73. The van der Waals surface area contributed by atoms with Crippen molar-refractivity contribution in [2.45, 2.75) is 13.5 Å². The number of carboxylic acids is 1. The Bertz CT molecular complexity index is 624. The number of anilines is 1. The van der Waals surface area contributed by atoms with Gasteiger partial charge < -0.3 is 10.4 Å². The third kappa shape index (κ3) is 2.85.